The molecule has 10 aromatic rings. The van der Waals surface area contributed by atoms with Gasteiger partial charge in [-0.05, 0) is 159 Å². The van der Waals surface area contributed by atoms with E-state index in [0.717, 1.165) is 98.3 Å². The lowest BCUT2D eigenvalue weighted by atomic mass is 9.86. The molecule has 0 atom stereocenters. The summed E-state index contributed by atoms with van der Waals surface area (Å²) >= 11 is 0. The number of hydrogen-bond donors (Lipinski definition) is 0. The van der Waals surface area contributed by atoms with Crippen molar-refractivity contribution >= 4 is 0 Å². The van der Waals surface area contributed by atoms with Gasteiger partial charge in [0.05, 0.1) is 40.3 Å². The van der Waals surface area contributed by atoms with Gasteiger partial charge < -0.3 is 0 Å². The molecule has 0 spiro atoms. The molecule has 0 N–H and O–H groups in total. The number of hydrogen-bond acceptors (Lipinski definition) is 5. The van der Waals surface area contributed by atoms with E-state index in [1.54, 1.807) is 30.3 Å². The predicted octanol–water partition coefficient (Wildman–Crippen LogP) is 15.2. The molecule has 328 valence electrons. The summed E-state index contributed by atoms with van der Waals surface area (Å²) in [5, 5.41) is 19.4. The highest BCUT2D eigenvalue weighted by Gasteiger charge is 2.17. The van der Waals surface area contributed by atoms with E-state index < -0.39 is 6.85 Å². The Morgan fingerprint density at radius 3 is 1.41 bits per heavy atom. The molecule has 10 rings (SSSR count). The van der Waals surface area contributed by atoms with Crippen LogP contribution in [0.15, 0.2) is 219 Å². The van der Waals surface area contributed by atoms with Crippen molar-refractivity contribution in [1.82, 2.24) is 15.0 Å². The number of aromatic nitrogens is 3. The highest BCUT2D eigenvalue weighted by Crippen LogP contribution is 2.41. The first-order valence-electron chi connectivity index (χ1n) is 24.6. The zero-order chi connectivity index (χ0) is 49.4. The summed E-state index contributed by atoms with van der Waals surface area (Å²) in [6.07, 6.45) is 8.56. The molecule has 5 heteroatoms. The van der Waals surface area contributed by atoms with Crippen LogP contribution in [0.5, 0.6) is 0 Å². The molecular weight excluding hydrogens is 839 g/mol. The summed E-state index contributed by atoms with van der Waals surface area (Å²) in [5.41, 5.74) is 19.6. The van der Waals surface area contributed by atoms with Gasteiger partial charge in [-0.15, -0.1) is 0 Å². The van der Waals surface area contributed by atoms with E-state index in [4.69, 9.17) is 4.11 Å². The lowest BCUT2D eigenvalue weighted by Crippen LogP contribution is -1.98. The van der Waals surface area contributed by atoms with Crippen molar-refractivity contribution in [2.24, 2.45) is 0 Å². The molecule has 0 unspecified atom stereocenters. The third-order valence-corrected chi connectivity index (χ3v) is 12.6. The Morgan fingerprint density at radius 2 is 0.870 bits per heavy atom. The summed E-state index contributed by atoms with van der Waals surface area (Å²) in [5.74, 6) is 0. The van der Waals surface area contributed by atoms with Gasteiger partial charge in [0, 0.05) is 39.4 Å². The average molecular weight is 889 g/mol. The third kappa shape index (κ3) is 10.2. The number of nitrogens with zero attached hydrogens (tertiary/aromatic N) is 5. The quantitative estimate of drug-likeness (QED) is 0.115. The second-order valence-electron chi connectivity index (χ2n) is 17.2. The number of rotatable bonds is 13. The Balaban J connectivity index is 1.03. The lowest BCUT2D eigenvalue weighted by Gasteiger charge is -2.18. The van der Waals surface area contributed by atoms with Crippen molar-refractivity contribution in [3.05, 3.63) is 258 Å². The van der Waals surface area contributed by atoms with E-state index in [1.165, 1.54) is 28.5 Å². The standard InChI is InChI=1S/C64H47N5/c1-44-12-31-64(69-43-44)55-29-30-60(61(40-55)52-27-25-51(26-28-52)56-38-49(41-65)35-50(39-56)42-66)59-9-3-2-8-58(59)57-36-47(15-13-45-17-21-53(22-18-45)62-10-4-6-32-67-62)34-48(37-57)16-14-46-19-23-54(24-20-46)63-11-5-7-33-68-63/h2-12,17-40,43H,13-16H2,1H3/i1D3. The van der Waals surface area contributed by atoms with Gasteiger partial charge >= 0.3 is 0 Å². The molecule has 3 aromatic heterocycles. The van der Waals surface area contributed by atoms with Crippen LogP contribution >= 0.6 is 0 Å². The van der Waals surface area contributed by atoms with Crippen LogP contribution in [0.1, 0.15) is 43.1 Å². The third-order valence-electron chi connectivity index (χ3n) is 12.6. The van der Waals surface area contributed by atoms with Crippen LogP contribution in [0.4, 0.5) is 0 Å². The first-order valence-corrected chi connectivity index (χ1v) is 23.1. The van der Waals surface area contributed by atoms with Crippen molar-refractivity contribution in [2.75, 3.05) is 0 Å². The van der Waals surface area contributed by atoms with Crippen LogP contribution in [0.25, 0.3) is 78.3 Å². The Hall–Kier alpha value is -9.03. The zero-order valence-electron chi connectivity index (χ0n) is 40.8. The maximum atomic E-state index is 9.71. The highest BCUT2D eigenvalue weighted by molar-refractivity contribution is 5.94. The monoisotopic (exact) mass is 888 g/mol. The Morgan fingerprint density at radius 1 is 0.362 bits per heavy atom. The van der Waals surface area contributed by atoms with Gasteiger partial charge in [-0.25, -0.2) is 0 Å². The second-order valence-corrected chi connectivity index (χ2v) is 17.2. The largest absolute Gasteiger partial charge is 0.256 e. The van der Waals surface area contributed by atoms with E-state index in [9.17, 15) is 10.5 Å². The van der Waals surface area contributed by atoms with E-state index in [0.29, 0.717) is 16.8 Å². The Labute approximate surface area is 408 Å². The van der Waals surface area contributed by atoms with E-state index in [2.05, 4.69) is 148 Å². The van der Waals surface area contributed by atoms with E-state index in [1.807, 2.05) is 60.9 Å². The molecule has 0 fully saturated rings. The Kier molecular flexibility index (Phi) is 11.8. The maximum Gasteiger partial charge on any atom is 0.0992 e. The molecule has 0 aliphatic rings. The van der Waals surface area contributed by atoms with Crippen LogP contribution in [0.3, 0.4) is 0 Å². The molecule has 0 radical (unpaired) electrons. The van der Waals surface area contributed by atoms with E-state index in [-0.39, 0.29) is 5.56 Å². The fraction of sp³-hybridized carbons (Fsp3) is 0.0781. The van der Waals surface area contributed by atoms with E-state index >= 15 is 0 Å². The molecule has 3 heterocycles. The van der Waals surface area contributed by atoms with Gasteiger partial charge in [-0.3, -0.25) is 15.0 Å². The van der Waals surface area contributed by atoms with Crippen LogP contribution in [0.2, 0.25) is 0 Å². The van der Waals surface area contributed by atoms with Gasteiger partial charge in [0.1, 0.15) is 0 Å². The number of nitriles is 2. The molecule has 5 nitrogen and oxygen atoms in total. The van der Waals surface area contributed by atoms with Gasteiger partial charge in [0.25, 0.3) is 0 Å². The Bertz CT molecular complexity index is 3460. The summed E-state index contributed by atoms with van der Waals surface area (Å²) < 4.78 is 23.7. The SMILES string of the molecule is [2H]C([2H])([2H])c1ccc(-c2ccc(-c3ccccc3-c3cc(CCc4ccc(-c5ccccn5)cc4)cc(CCc4ccc(-c5ccccn5)cc4)c3)c(-c3ccc(-c4cc(C#N)cc(C#N)c4)cc3)c2)nc1. The summed E-state index contributed by atoms with van der Waals surface area (Å²) in [4.78, 5) is 13.7. The minimum atomic E-state index is -2.26. The van der Waals surface area contributed by atoms with Crippen LogP contribution in [-0.4, -0.2) is 15.0 Å². The van der Waals surface area contributed by atoms with Crippen molar-refractivity contribution in [2.45, 2.75) is 32.5 Å². The lowest BCUT2D eigenvalue weighted by molar-refractivity contribution is 0.931. The molecule has 0 amide bonds. The van der Waals surface area contributed by atoms with Gasteiger partial charge in [0.2, 0.25) is 0 Å². The molecule has 0 aliphatic heterocycles. The molecule has 7 aromatic carbocycles. The summed E-state index contributed by atoms with van der Waals surface area (Å²) in [6.45, 7) is -2.26. The fourth-order valence-corrected chi connectivity index (χ4v) is 9.01. The van der Waals surface area contributed by atoms with Crippen LogP contribution in [0, 0.1) is 29.5 Å². The average Bonchev–Trinajstić information content (AvgIpc) is 3.44. The summed E-state index contributed by atoms with van der Waals surface area (Å²) in [6, 6.07) is 72.5. The molecule has 0 bridgehead atoms. The van der Waals surface area contributed by atoms with Gasteiger partial charge in [-0.1, -0.05) is 146 Å². The minimum absolute atomic E-state index is 0.186. The van der Waals surface area contributed by atoms with Crippen molar-refractivity contribution in [3.63, 3.8) is 0 Å². The first kappa shape index (κ1) is 40.3. The fourth-order valence-electron chi connectivity index (χ4n) is 9.01. The minimum Gasteiger partial charge on any atom is -0.256 e. The van der Waals surface area contributed by atoms with Crippen LogP contribution in [-0.2, 0) is 25.7 Å². The van der Waals surface area contributed by atoms with Crippen molar-refractivity contribution in [1.29, 1.82) is 10.5 Å². The second kappa shape index (κ2) is 20.2. The zero-order valence-corrected chi connectivity index (χ0v) is 37.8. The molecule has 0 saturated heterocycles. The number of aryl methyl sites for hydroxylation is 5. The highest BCUT2D eigenvalue weighted by atomic mass is 14.7. The predicted molar refractivity (Wildman–Crippen MR) is 280 cm³/mol. The molecular formula is C64H47N5. The normalized spacial score (nSPS) is 11.7. The molecule has 69 heavy (non-hydrogen) atoms. The number of benzene rings is 7. The van der Waals surface area contributed by atoms with Gasteiger partial charge in [0.15, 0.2) is 0 Å². The van der Waals surface area contributed by atoms with Crippen molar-refractivity contribution < 1.29 is 4.11 Å². The van der Waals surface area contributed by atoms with Gasteiger partial charge in [-0.2, -0.15) is 10.5 Å². The van der Waals surface area contributed by atoms with Crippen molar-refractivity contribution in [3.8, 4) is 90.4 Å². The topological polar surface area (TPSA) is 86.2 Å². The van der Waals surface area contributed by atoms with Crippen LogP contribution < -0.4 is 0 Å². The molecule has 0 saturated carbocycles. The molecule has 0 aliphatic carbocycles. The maximum absolute atomic E-state index is 9.71. The first-order chi connectivity index (χ1) is 35.2. The number of pyridine rings is 3. The summed E-state index contributed by atoms with van der Waals surface area (Å²) in [7, 11) is 0. The smallest absolute Gasteiger partial charge is 0.0992 e.